The molecule has 1 aromatic carbocycles. The molecule has 2 aliphatic rings. The second kappa shape index (κ2) is 5.43. The SMILES string of the molecule is OC(c1cccc(Cl)c1)C1(N2CCCC2)CCCC1. The molecule has 1 atom stereocenters. The molecule has 0 amide bonds. The maximum atomic E-state index is 11.0. The van der Waals surface area contributed by atoms with Crippen LogP contribution in [-0.2, 0) is 0 Å². The first kappa shape index (κ1) is 13.4. The van der Waals surface area contributed by atoms with Gasteiger partial charge in [-0.25, -0.2) is 0 Å². The highest BCUT2D eigenvalue weighted by molar-refractivity contribution is 6.30. The van der Waals surface area contributed by atoms with Crippen molar-refractivity contribution in [3.05, 3.63) is 34.9 Å². The van der Waals surface area contributed by atoms with E-state index in [0.29, 0.717) is 5.02 Å². The van der Waals surface area contributed by atoms with Crippen LogP contribution in [0.25, 0.3) is 0 Å². The number of hydrogen-bond donors (Lipinski definition) is 1. The Morgan fingerprint density at radius 2 is 1.79 bits per heavy atom. The zero-order valence-corrected chi connectivity index (χ0v) is 12.1. The number of hydrogen-bond acceptors (Lipinski definition) is 2. The number of benzene rings is 1. The summed E-state index contributed by atoms with van der Waals surface area (Å²) in [6.07, 6.45) is 6.81. The van der Waals surface area contributed by atoms with E-state index in [1.807, 2.05) is 24.3 Å². The Morgan fingerprint density at radius 3 is 2.42 bits per heavy atom. The third-order valence-electron chi connectivity index (χ3n) is 4.88. The molecule has 2 fully saturated rings. The summed E-state index contributed by atoms with van der Waals surface area (Å²) >= 11 is 6.08. The zero-order valence-electron chi connectivity index (χ0n) is 11.3. The predicted octanol–water partition coefficient (Wildman–Crippen LogP) is 3.78. The van der Waals surface area contributed by atoms with Crippen molar-refractivity contribution in [2.45, 2.75) is 50.2 Å². The fourth-order valence-corrected chi connectivity index (χ4v) is 4.10. The van der Waals surface area contributed by atoms with E-state index in [4.69, 9.17) is 11.6 Å². The highest BCUT2D eigenvalue weighted by atomic mass is 35.5. The summed E-state index contributed by atoms with van der Waals surface area (Å²) < 4.78 is 0. The third kappa shape index (κ3) is 2.42. The molecule has 0 aromatic heterocycles. The van der Waals surface area contributed by atoms with Crippen LogP contribution in [-0.4, -0.2) is 28.6 Å². The molecular weight excluding hydrogens is 258 g/mol. The van der Waals surface area contributed by atoms with E-state index in [-0.39, 0.29) is 5.54 Å². The van der Waals surface area contributed by atoms with Gasteiger partial charge in [0.1, 0.15) is 0 Å². The van der Waals surface area contributed by atoms with Crippen molar-refractivity contribution in [2.75, 3.05) is 13.1 Å². The van der Waals surface area contributed by atoms with Crippen LogP contribution in [0.5, 0.6) is 0 Å². The van der Waals surface area contributed by atoms with Gasteiger partial charge >= 0.3 is 0 Å². The van der Waals surface area contributed by atoms with Crippen LogP contribution in [0.4, 0.5) is 0 Å². The number of rotatable bonds is 3. The van der Waals surface area contributed by atoms with E-state index in [1.54, 1.807) is 0 Å². The predicted molar refractivity (Wildman–Crippen MR) is 78.4 cm³/mol. The Bertz CT molecular complexity index is 436. The van der Waals surface area contributed by atoms with Gasteiger partial charge in [-0.1, -0.05) is 36.6 Å². The molecule has 1 unspecified atom stereocenters. The van der Waals surface area contributed by atoms with E-state index in [2.05, 4.69) is 4.90 Å². The fourth-order valence-electron chi connectivity index (χ4n) is 3.90. The highest BCUT2D eigenvalue weighted by Gasteiger charge is 2.46. The van der Waals surface area contributed by atoms with Crippen LogP contribution < -0.4 is 0 Å². The number of aliphatic hydroxyl groups is 1. The molecule has 1 aliphatic heterocycles. The average Bonchev–Trinajstić information content (AvgIpc) is 3.09. The van der Waals surface area contributed by atoms with Gasteiger partial charge in [-0.15, -0.1) is 0 Å². The van der Waals surface area contributed by atoms with Gasteiger partial charge in [-0.05, 0) is 56.5 Å². The van der Waals surface area contributed by atoms with Crippen molar-refractivity contribution in [3.63, 3.8) is 0 Å². The fraction of sp³-hybridized carbons (Fsp3) is 0.625. The van der Waals surface area contributed by atoms with Gasteiger partial charge in [0, 0.05) is 5.02 Å². The molecule has 19 heavy (non-hydrogen) atoms. The lowest BCUT2D eigenvalue weighted by atomic mass is 9.84. The van der Waals surface area contributed by atoms with E-state index in [1.165, 1.54) is 25.7 Å². The summed E-state index contributed by atoms with van der Waals surface area (Å²) in [5.41, 5.74) is 0.933. The maximum Gasteiger partial charge on any atom is 0.0974 e. The molecule has 1 aromatic rings. The molecule has 3 heteroatoms. The highest BCUT2D eigenvalue weighted by Crippen LogP contribution is 2.46. The molecule has 0 spiro atoms. The van der Waals surface area contributed by atoms with Crippen LogP contribution in [0, 0.1) is 0 Å². The van der Waals surface area contributed by atoms with Crippen LogP contribution in [0.2, 0.25) is 5.02 Å². The molecule has 104 valence electrons. The van der Waals surface area contributed by atoms with Gasteiger partial charge in [0.15, 0.2) is 0 Å². The van der Waals surface area contributed by atoms with Gasteiger partial charge in [0.05, 0.1) is 11.6 Å². The minimum Gasteiger partial charge on any atom is -0.386 e. The van der Waals surface area contributed by atoms with Crippen molar-refractivity contribution in [1.29, 1.82) is 0 Å². The van der Waals surface area contributed by atoms with Crippen LogP contribution in [0.15, 0.2) is 24.3 Å². The van der Waals surface area contributed by atoms with Crippen LogP contribution in [0.3, 0.4) is 0 Å². The van der Waals surface area contributed by atoms with Crippen molar-refractivity contribution in [3.8, 4) is 0 Å². The average molecular weight is 280 g/mol. The molecule has 2 nitrogen and oxygen atoms in total. The van der Waals surface area contributed by atoms with Crippen LogP contribution >= 0.6 is 11.6 Å². The van der Waals surface area contributed by atoms with Gasteiger partial charge in [-0.2, -0.15) is 0 Å². The van der Waals surface area contributed by atoms with Crippen molar-refractivity contribution < 1.29 is 5.11 Å². The quantitative estimate of drug-likeness (QED) is 0.910. The standard InChI is InChI=1S/C16H22ClNO/c17-14-7-5-6-13(12-14)15(19)16(8-1-2-9-16)18-10-3-4-11-18/h5-7,12,15,19H,1-4,8-11H2. The Labute approximate surface area is 120 Å². The molecule has 1 saturated heterocycles. The Balaban J connectivity index is 1.91. The van der Waals surface area contributed by atoms with Gasteiger partial charge in [0.2, 0.25) is 0 Å². The number of nitrogens with zero attached hydrogens (tertiary/aromatic N) is 1. The summed E-state index contributed by atoms with van der Waals surface area (Å²) in [4.78, 5) is 2.53. The first-order valence-corrected chi connectivity index (χ1v) is 7.79. The van der Waals surface area contributed by atoms with Crippen molar-refractivity contribution in [2.24, 2.45) is 0 Å². The lowest BCUT2D eigenvalue weighted by Gasteiger charge is -2.43. The van der Waals surface area contributed by atoms with E-state index in [0.717, 1.165) is 31.5 Å². The lowest BCUT2D eigenvalue weighted by Crippen LogP contribution is -2.49. The molecular formula is C16H22ClNO. The van der Waals surface area contributed by atoms with E-state index >= 15 is 0 Å². The molecule has 0 radical (unpaired) electrons. The van der Waals surface area contributed by atoms with E-state index < -0.39 is 6.10 Å². The summed E-state index contributed by atoms with van der Waals surface area (Å²) in [6, 6.07) is 7.73. The third-order valence-corrected chi connectivity index (χ3v) is 5.11. The maximum absolute atomic E-state index is 11.0. The van der Waals surface area contributed by atoms with Crippen molar-refractivity contribution in [1.82, 2.24) is 4.90 Å². The summed E-state index contributed by atoms with van der Waals surface area (Å²) in [5.74, 6) is 0. The normalized spacial score (nSPS) is 24.7. The molecule has 3 rings (SSSR count). The van der Waals surface area contributed by atoms with Crippen molar-refractivity contribution >= 4 is 11.6 Å². The Hall–Kier alpha value is -0.570. The largest absolute Gasteiger partial charge is 0.386 e. The Morgan fingerprint density at radius 1 is 1.11 bits per heavy atom. The topological polar surface area (TPSA) is 23.5 Å². The molecule has 1 N–H and O–H groups in total. The van der Waals surface area contributed by atoms with E-state index in [9.17, 15) is 5.11 Å². The lowest BCUT2D eigenvalue weighted by molar-refractivity contribution is -0.0195. The molecule has 0 bridgehead atoms. The van der Waals surface area contributed by atoms with Gasteiger partial charge in [-0.3, -0.25) is 4.90 Å². The minimum absolute atomic E-state index is 0.0405. The van der Waals surface area contributed by atoms with Crippen LogP contribution in [0.1, 0.15) is 50.2 Å². The molecule has 1 heterocycles. The second-order valence-electron chi connectivity index (χ2n) is 5.96. The number of halogens is 1. The second-order valence-corrected chi connectivity index (χ2v) is 6.40. The summed E-state index contributed by atoms with van der Waals surface area (Å²) in [5, 5.41) is 11.7. The summed E-state index contributed by atoms with van der Waals surface area (Å²) in [7, 11) is 0. The Kier molecular flexibility index (Phi) is 3.84. The van der Waals surface area contributed by atoms with Gasteiger partial charge in [0.25, 0.3) is 0 Å². The molecule has 1 saturated carbocycles. The molecule has 1 aliphatic carbocycles. The first-order valence-electron chi connectivity index (χ1n) is 7.41. The van der Waals surface area contributed by atoms with Gasteiger partial charge < -0.3 is 5.11 Å². The zero-order chi connectivity index (χ0) is 13.3. The number of aliphatic hydroxyl groups excluding tert-OH is 1. The monoisotopic (exact) mass is 279 g/mol. The number of likely N-dealkylation sites (tertiary alicyclic amines) is 1. The smallest absolute Gasteiger partial charge is 0.0974 e. The first-order chi connectivity index (χ1) is 9.22. The minimum atomic E-state index is -0.410. The summed E-state index contributed by atoms with van der Waals surface area (Å²) in [6.45, 7) is 2.27.